The number of fused-ring (bicyclic) bond motifs is 2. The molecule has 0 saturated heterocycles. The fourth-order valence-corrected chi connectivity index (χ4v) is 7.57. The Hall–Kier alpha value is -2.47. The Morgan fingerprint density at radius 1 is 0.978 bits per heavy atom. The summed E-state index contributed by atoms with van der Waals surface area (Å²) in [5, 5.41) is 12.5. The predicted octanol–water partition coefficient (Wildman–Crippen LogP) is 8.99. The van der Waals surface area contributed by atoms with Gasteiger partial charge in [0, 0.05) is 52.4 Å². The van der Waals surface area contributed by atoms with Crippen LogP contribution in [0.25, 0.3) is 0 Å². The molecule has 2 aromatic rings. The molecule has 0 bridgehead atoms. The Morgan fingerprint density at radius 2 is 1.69 bits per heavy atom. The molecule has 2 aromatic carbocycles. The second-order valence-electron chi connectivity index (χ2n) is 14.2. The van der Waals surface area contributed by atoms with Crippen LogP contribution >= 0.6 is 12.0 Å². The highest BCUT2D eigenvalue weighted by Gasteiger charge is 2.45. The molecule has 2 aliphatic rings. The first-order valence-electron chi connectivity index (χ1n) is 15.7. The summed E-state index contributed by atoms with van der Waals surface area (Å²) in [4.78, 5) is 2.94. The third-order valence-electron chi connectivity index (χ3n) is 9.07. The van der Waals surface area contributed by atoms with Crippen LogP contribution in [0, 0.1) is 5.41 Å². The molecule has 0 spiro atoms. The quantitative estimate of drug-likeness (QED) is 0.0550. The van der Waals surface area contributed by atoms with Crippen LogP contribution < -0.4 is 4.90 Å². The highest BCUT2D eigenvalue weighted by atomic mass is 32.2. The van der Waals surface area contributed by atoms with Crippen LogP contribution in [0.4, 0.5) is 11.4 Å². The molecule has 0 unspecified atom stereocenters. The van der Waals surface area contributed by atoms with E-state index in [1.165, 1.54) is 43.0 Å². The van der Waals surface area contributed by atoms with Crippen molar-refractivity contribution in [3.05, 3.63) is 71.5 Å². The maximum atomic E-state index is 11.9. The molecule has 0 amide bonds. The summed E-state index contributed by atoms with van der Waals surface area (Å²) >= 11 is 0.966. The lowest BCUT2D eigenvalue weighted by atomic mass is 9.81. The van der Waals surface area contributed by atoms with Gasteiger partial charge in [0.2, 0.25) is 5.69 Å². The van der Waals surface area contributed by atoms with Gasteiger partial charge in [-0.25, -0.2) is 5.26 Å². The Balaban J connectivity index is 1.67. The summed E-state index contributed by atoms with van der Waals surface area (Å²) in [6, 6.07) is 11.0. The van der Waals surface area contributed by atoms with Gasteiger partial charge in [0.15, 0.2) is 5.71 Å². The maximum Gasteiger partial charge on any atom is 0.294 e. The molecule has 0 radical (unpaired) electrons. The van der Waals surface area contributed by atoms with Crippen molar-refractivity contribution in [1.29, 1.82) is 0 Å². The molecule has 0 atom stereocenters. The number of rotatable bonds is 13. The Bertz CT molecular complexity index is 1600. The highest BCUT2D eigenvalue weighted by molar-refractivity contribution is 7.94. The van der Waals surface area contributed by atoms with Gasteiger partial charge in [-0.1, -0.05) is 58.6 Å². The van der Waals surface area contributed by atoms with Crippen molar-refractivity contribution >= 4 is 39.2 Å². The molecule has 8 nitrogen and oxygen atoms in total. The normalized spacial score (nSPS) is 18.4. The van der Waals surface area contributed by atoms with Crippen molar-refractivity contribution in [2.24, 2.45) is 5.41 Å². The smallest absolute Gasteiger partial charge is 0.294 e. The summed E-state index contributed by atoms with van der Waals surface area (Å²) in [6.07, 6.45) is 12.4. The number of hydrogen-bond donors (Lipinski definition) is 2. The molecular weight excluding hydrogens is 609 g/mol. The zero-order chi connectivity index (χ0) is 33.2. The van der Waals surface area contributed by atoms with Gasteiger partial charge >= 0.3 is 0 Å². The SMILES string of the molecule is CCN1/C(=C/C=C/C2=[N+](CCCCCCC(C)(C)C)c3ccc(SOOO)cc3C2(C)C)C(C)(C)c2cc(S(=O)(=O)O)ccc21. The molecule has 2 N–H and O–H groups in total. The summed E-state index contributed by atoms with van der Waals surface area (Å²) in [5.41, 5.74) is 6.00. The van der Waals surface area contributed by atoms with E-state index in [9.17, 15) is 13.0 Å². The Labute approximate surface area is 273 Å². The lowest BCUT2D eigenvalue weighted by Gasteiger charge is -2.25. The van der Waals surface area contributed by atoms with Gasteiger partial charge in [-0.2, -0.15) is 13.0 Å². The van der Waals surface area contributed by atoms with Gasteiger partial charge in [0.1, 0.15) is 6.54 Å². The standard InChI is InChI=1S/C35H48N2O6S2/c1-9-36-29-20-18-26(45(39,40)41)24-28(29)35(7,8)31(36)15-14-16-32-34(5,6)27-23-25(44-43-42-38)17-19-30(27)37(32)22-13-11-10-12-21-33(2,3)4/h14-20,23-24H,9-13,21-22H2,1-8H3,(H-,38,39,40,41)/p+1. The number of nitrogens with zero attached hydrogens (tertiary/aromatic N) is 2. The molecule has 0 aromatic heterocycles. The topological polar surface area (TPSA) is 99.3 Å². The van der Waals surface area contributed by atoms with Crippen LogP contribution in [0.5, 0.6) is 0 Å². The molecule has 246 valence electrons. The van der Waals surface area contributed by atoms with E-state index in [-0.39, 0.29) is 10.3 Å². The van der Waals surface area contributed by atoms with Gasteiger partial charge in [-0.3, -0.25) is 4.55 Å². The number of hydrogen-bond acceptors (Lipinski definition) is 7. The molecule has 45 heavy (non-hydrogen) atoms. The second kappa shape index (κ2) is 13.7. The Morgan fingerprint density at radius 3 is 2.33 bits per heavy atom. The van der Waals surface area contributed by atoms with E-state index in [4.69, 9.17) is 9.59 Å². The average molecular weight is 658 g/mol. The first kappa shape index (κ1) is 35.4. The van der Waals surface area contributed by atoms with Gasteiger partial charge in [-0.15, -0.1) is 4.33 Å². The number of unbranched alkanes of at least 4 members (excludes halogenated alkanes) is 3. The minimum atomic E-state index is -4.31. The van der Waals surface area contributed by atoms with Crippen LogP contribution in [0.2, 0.25) is 0 Å². The first-order valence-corrected chi connectivity index (χ1v) is 17.9. The maximum absolute atomic E-state index is 11.9. The van der Waals surface area contributed by atoms with Crippen LogP contribution in [0.1, 0.15) is 98.6 Å². The molecule has 0 saturated carbocycles. The summed E-state index contributed by atoms with van der Waals surface area (Å²) < 4.78 is 40.6. The van der Waals surface area contributed by atoms with Crippen molar-refractivity contribution in [3.63, 3.8) is 0 Å². The van der Waals surface area contributed by atoms with Crippen LogP contribution in [-0.2, 0) is 30.3 Å². The average Bonchev–Trinajstić information content (AvgIpc) is 3.30. The van der Waals surface area contributed by atoms with Crippen molar-refractivity contribution in [1.82, 2.24) is 0 Å². The second-order valence-corrected chi connectivity index (χ2v) is 16.4. The van der Waals surface area contributed by atoms with Crippen LogP contribution in [-0.4, -0.2) is 41.6 Å². The largest absolute Gasteiger partial charge is 0.344 e. The first-order chi connectivity index (χ1) is 21.0. The number of anilines is 1. The number of likely N-dealkylation sites (N-methyl/N-ethyl adjacent to an activating group) is 1. The van der Waals surface area contributed by atoms with Crippen LogP contribution in [0.15, 0.2) is 70.1 Å². The van der Waals surface area contributed by atoms with E-state index in [1.54, 1.807) is 12.1 Å². The van der Waals surface area contributed by atoms with Crippen molar-refractivity contribution in [3.8, 4) is 0 Å². The van der Waals surface area contributed by atoms with Gasteiger partial charge < -0.3 is 4.90 Å². The third-order valence-corrected chi connectivity index (χ3v) is 10.5. The summed E-state index contributed by atoms with van der Waals surface area (Å²) in [7, 11) is -4.31. The van der Waals surface area contributed by atoms with E-state index in [0.717, 1.165) is 59.1 Å². The predicted molar refractivity (Wildman–Crippen MR) is 182 cm³/mol. The monoisotopic (exact) mass is 657 g/mol. The fourth-order valence-electron chi connectivity index (χ4n) is 6.67. The van der Waals surface area contributed by atoms with E-state index in [1.807, 2.05) is 6.07 Å². The molecule has 2 aliphatic heterocycles. The minimum absolute atomic E-state index is 0.0919. The van der Waals surface area contributed by atoms with Gasteiger partial charge in [0.05, 0.1) is 22.4 Å². The van der Waals surface area contributed by atoms with Crippen molar-refractivity contribution in [2.45, 2.75) is 108 Å². The van der Waals surface area contributed by atoms with E-state index >= 15 is 0 Å². The number of benzene rings is 2. The van der Waals surface area contributed by atoms with E-state index in [2.05, 4.69) is 100 Å². The molecule has 2 heterocycles. The third kappa shape index (κ3) is 7.75. The van der Waals surface area contributed by atoms with E-state index in [0.29, 0.717) is 5.41 Å². The highest BCUT2D eigenvalue weighted by Crippen LogP contribution is 2.48. The Kier molecular flexibility index (Phi) is 10.8. The lowest BCUT2D eigenvalue weighted by molar-refractivity contribution is -0.438. The summed E-state index contributed by atoms with van der Waals surface area (Å²) in [6.45, 7) is 19.2. The minimum Gasteiger partial charge on any atom is -0.344 e. The molecule has 0 fully saturated rings. The number of allylic oxidation sites excluding steroid dienone is 4. The lowest BCUT2D eigenvalue weighted by Crippen LogP contribution is -2.28. The van der Waals surface area contributed by atoms with E-state index < -0.39 is 15.5 Å². The van der Waals surface area contributed by atoms with Gasteiger partial charge in [-0.05, 0) is 81.0 Å². The van der Waals surface area contributed by atoms with Crippen molar-refractivity contribution in [2.75, 3.05) is 18.0 Å². The molecule has 4 rings (SSSR count). The molecular formula is C35H49N2O6S2+. The van der Waals surface area contributed by atoms with Crippen molar-refractivity contribution < 1.29 is 32.2 Å². The molecule has 10 heteroatoms. The van der Waals surface area contributed by atoms with Crippen LogP contribution in [0.3, 0.4) is 0 Å². The zero-order valence-corrected chi connectivity index (χ0v) is 29.5. The fraction of sp³-hybridized carbons (Fsp3) is 0.514. The zero-order valence-electron chi connectivity index (χ0n) is 27.9. The summed E-state index contributed by atoms with van der Waals surface area (Å²) in [5.74, 6) is 0. The molecule has 0 aliphatic carbocycles. The van der Waals surface area contributed by atoms with Gasteiger partial charge in [0.25, 0.3) is 10.1 Å².